The highest BCUT2D eigenvalue weighted by Gasteiger charge is 2.22. The molecule has 2 aromatic carbocycles. The number of rotatable bonds is 10. The standard InChI is InChI=1S/C23H26FN3O5S/c1-14(17-10-18(24)12-19(11-17)32-13-16-4-5-16)27-33(30,31)8-2-3-15-6-7-21-20(9-15)22(28)26-23(29)25-21/h6-7,9-12,14,16,27H,2-5,8,13H2,1H3,(H2,25,26,28,29)/t14-/m1/s1. The number of halogens is 1. The number of hydrogen-bond acceptors (Lipinski definition) is 5. The van der Waals surface area contributed by atoms with Gasteiger partial charge in [-0.25, -0.2) is 22.3 Å². The number of aromatic amines is 2. The molecule has 4 rings (SSSR count). The van der Waals surface area contributed by atoms with Crippen LogP contribution >= 0.6 is 0 Å². The Kier molecular flexibility index (Phi) is 6.66. The second-order valence-electron chi connectivity index (χ2n) is 8.52. The van der Waals surface area contributed by atoms with E-state index in [1.807, 2.05) is 0 Å². The Morgan fingerprint density at radius 3 is 2.70 bits per heavy atom. The van der Waals surface area contributed by atoms with Crippen molar-refractivity contribution in [2.24, 2.45) is 5.92 Å². The summed E-state index contributed by atoms with van der Waals surface area (Å²) >= 11 is 0. The van der Waals surface area contributed by atoms with E-state index < -0.39 is 33.1 Å². The Morgan fingerprint density at radius 2 is 1.94 bits per heavy atom. The Balaban J connectivity index is 1.35. The molecule has 0 aliphatic heterocycles. The summed E-state index contributed by atoms with van der Waals surface area (Å²) in [5, 5.41) is 0.340. The molecule has 8 nitrogen and oxygen atoms in total. The third-order valence-corrected chi connectivity index (χ3v) is 7.15. The highest BCUT2D eigenvalue weighted by Crippen LogP contribution is 2.30. The first-order chi connectivity index (χ1) is 15.7. The minimum absolute atomic E-state index is 0.127. The Morgan fingerprint density at radius 1 is 1.15 bits per heavy atom. The molecule has 1 fully saturated rings. The molecule has 1 saturated carbocycles. The van der Waals surface area contributed by atoms with E-state index in [1.54, 1.807) is 31.2 Å². The van der Waals surface area contributed by atoms with Crippen LogP contribution in [0.15, 0.2) is 46.0 Å². The van der Waals surface area contributed by atoms with Crippen molar-refractivity contribution in [2.75, 3.05) is 12.4 Å². The van der Waals surface area contributed by atoms with E-state index in [-0.39, 0.29) is 5.75 Å². The number of nitrogens with one attached hydrogen (secondary N) is 3. The maximum Gasteiger partial charge on any atom is 0.326 e. The maximum atomic E-state index is 14.0. The van der Waals surface area contributed by atoms with Crippen LogP contribution in [0.4, 0.5) is 4.39 Å². The summed E-state index contributed by atoms with van der Waals surface area (Å²) in [6, 6.07) is 8.66. The number of fused-ring (bicyclic) bond motifs is 1. The van der Waals surface area contributed by atoms with Crippen LogP contribution in [0.5, 0.6) is 5.75 Å². The molecule has 0 radical (unpaired) electrons. The molecule has 176 valence electrons. The largest absolute Gasteiger partial charge is 0.493 e. The molecule has 0 spiro atoms. The minimum Gasteiger partial charge on any atom is -0.493 e. The van der Waals surface area contributed by atoms with Gasteiger partial charge in [-0.05, 0) is 73.9 Å². The van der Waals surface area contributed by atoms with E-state index in [9.17, 15) is 22.4 Å². The molecule has 0 unspecified atom stereocenters. The number of aromatic nitrogens is 2. The topological polar surface area (TPSA) is 121 Å². The van der Waals surface area contributed by atoms with E-state index in [2.05, 4.69) is 14.7 Å². The lowest BCUT2D eigenvalue weighted by molar-refractivity contribution is 0.298. The van der Waals surface area contributed by atoms with Gasteiger partial charge in [0.15, 0.2) is 0 Å². The van der Waals surface area contributed by atoms with Gasteiger partial charge in [0.1, 0.15) is 11.6 Å². The van der Waals surface area contributed by atoms with E-state index in [4.69, 9.17) is 4.74 Å². The van der Waals surface area contributed by atoms with Gasteiger partial charge in [0.2, 0.25) is 10.0 Å². The fraction of sp³-hybridized carbons (Fsp3) is 0.391. The van der Waals surface area contributed by atoms with Crippen molar-refractivity contribution in [1.82, 2.24) is 14.7 Å². The summed E-state index contributed by atoms with van der Waals surface area (Å²) in [4.78, 5) is 28.0. The number of benzene rings is 2. The van der Waals surface area contributed by atoms with E-state index >= 15 is 0 Å². The van der Waals surface area contributed by atoms with Crippen LogP contribution in [0.1, 0.15) is 43.4 Å². The second kappa shape index (κ2) is 9.48. The number of H-pyrrole nitrogens is 2. The van der Waals surface area contributed by atoms with E-state index in [0.29, 0.717) is 47.6 Å². The van der Waals surface area contributed by atoms with Gasteiger partial charge in [-0.3, -0.25) is 9.78 Å². The van der Waals surface area contributed by atoms with Crippen LogP contribution in [0.25, 0.3) is 10.9 Å². The van der Waals surface area contributed by atoms with Crippen molar-refractivity contribution in [3.05, 3.63) is 74.2 Å². The predicted molar refractivity (Wildman–Crippen MR) is 123 cm³/mol. The molecule has 1 aliphatic carbocycles. The van der Waals surface area contributed by atoms with Crippen LogP contribution in [0, 0.1) is 11.7 Å². The zero-order chi connectivity index (χ0) is 23.6. The van der Waals surface area contributed by atoms with Crippen LogP contribution < -0.4 is 20.7 Å². The molecule has 10 heteroatoms. The molecule has 1 aromatic heterocycles. The Hall–Kier alpha value is -2.98. The molecule has 0 amide bonds. The fourth-order valence-electron chi connectivity index (χ4n) is 3.65. The summed E-state index contributed by atoms with van der Waals surface area (Å²) in [5.74, 6) is 0.320. The molecule has 1 heterocycles. The Labute approximate surface area is 190 Å². The van der Waals surface area contributed by atoms with Gasteiger partial charge in [-0.15, -0.1) is 0 Å². The third-order valence-electron chi connectivity index (χ3n) is 5.61. The van der Waals surface area contributed by atoms with Gasteiger partial charge in [0.05, 0.1) is 23.3 Å². The predicted octanol–water partition coefficient (Wildman–Crippen LogP) is 2.76. The summed E-state index contributed by atoms with van der Waals surface area (Å²) in [6.07, 6.45) is 3.00. The number of ether oxygens (including phenoxy) is 1. The van der Waals surface area contributed by atoms with Gasteiger partial charge >= 0.3 is 5.69 Å². The van der Waals surface area contributed by atoms with Crippen molar-refractivity contribution < 1.29 is 17.5 Å². The van der Waals surface area contributed by atoms with Crippen molar-refractivity contribution in [3.8, 4) is 5.75 Å². The number of sulfonamides is 1. The normalized spacial score (nSPS) is 15.0. The summed E-state index contributed by atoms with van der Waals surface area (Å²) < 4.78 is 47.4. The molecule has 3 N–H and O–H groups in total. The lowest BCUT2D eigenvalue weighted by Crippen LogP contribution is -2.29. The summed E-state index contributed by atoms with van der Waals surface area (Å²) in [5.41, 5.74) is 0.630. The first kappa shape index (κ1) is 23.2. The zero-order valence-corrected chi connectivity index (χ0v) is 19.0. The molecule has 0 bridgehead atoms. The number of aryl methyl sites for hydroxylation is 1. The first-order valence-electron chi connectivity index (χ1n) is 10.9. The molecular formula is C23H26FN3O5S. The summed E-state index contributed by atoms with van der Waals surface area (Å²) in [7, 11) is -3.63. The van der Waals surface area contributed by atoms with Crippen molar-refractivity contribution in [1.29, 1.82) is 0 Å². The van der Waals surface area contributed by atoms with Crippen LogP contribution in [-0.2, 0) is 16.4 Å². The van der Waals surface area contributed by atoms with Crippen molar-refractivity contribution in [2.45, 2.75) is 38.6 Å². The lowest BCUT2D eigenvalue weighted by Gasteiger charge is -2.16. The van der Waals surface area contributed by atoms with Crippen molar-refractivity contribution >= 4 is 20.9 Å². The minimum atomic E-state index is -3.63. The quantitative estimate of drug-likeness (QED) is 0.416. The highest BCUT2D eigenvalue weighted by atomic mass is 32.2. The van der Waals surface area contributed by atoms with Gasteiger partial charge in [0, 0.05) is 12.1 Å². The van der Waals surface area contributed by atoms with Crippen LogP contribution in [0.2, 0.25) is 0 Å². The third kappa shape index (κ3) is 6.29. The van der Waals surface area contributed by atoms with Gasteiger partial charge in [-0.2, -0.15) is 0 Å². The summed E-state index contributed by atoms with van der Waals surface area (Å²) in [6.45, 7) is 2.20. The second-order valence-corrected chi connectivity index (χ2v) is 10.4. The van der Waals surface area contributed by atoms with Gasteiger partial charge in [-0.1, -0.05) is 6.07 Å². The van der Waals surface area contributed by atoms with Crippen molar-refractivity contribution in [3.63, 3.8) is 0 Å². The smallest absolute Gasteiger partial charge is 0.326 e. The molecule has 1 atom stereocenters. The maximum absolute atomic E-state index is 14.0. The molecular weight excluding hydrogens is 449 g/mol. The van der Waals surface area contributed by atoms with E-state index in [1.165, 1.54) is 12.1 Å². The van der Waals surface area contributed by atoms with Crippen LogP contribution in [-0.4, -0.2) is 30.7 Å². The molecule has 33 heavy (non-hydrogen) atoms. The van der Waals surface area contributed by atoms with Gasteiger partial charge in [0.25, 0.3) is 5.56 Å². The average Bonchev–Trinajstić information content (AvgIpc) is 3.56. The molecule has 3 aromatic rings. The zero-order valence-electron chi connectivity index (χ0n) is 18.2. The molecule has 1 aliphatic rings. The van der Waals surface area contributed by atoms with E-state index in [0.717, 1.165) is 18.4 Å². The van der Waals surface area contributed by atoms with Crippen LogP contribution in [0.3, 0.4) is 0 Å². The SMILES string of the molecule is C[C@@H](NS(=O)(=O)CCCc1ccc2[nH]c(=O)[nH]c(=O)c2c1)c1cc(F)cc(OCC2CC2)c1. The van der Waals surface area contributed by atoms with Gasteiger partial charge < -0.3 is 9.72 Å². The highest BCUT2D eigenvalue weighted by molar-refractivity contribution is 7.89. The molecule has 0 saturated heterocycles. The monoisotopic (exact) mass is 475 g/mol. The lowest BCUT2D eigenvalue weighted by atomic mass is 10.1. The average molecular weight is 476 g/mol. The Bertz CT molecular complexity index is 1380. The number of hydrogen-bond donors (Lipinski definition) is 3. The first-order valence-corrected chi connectivity index (χ1v) is 12.5. The fourth-order valence-corrected chi connectivity index (χ4v) is 4.96.